The summed E-state index contributed by atoms with van der Waals surface area (Å²) in [7, 11) is 1.37. The first-order valence-electron chi connectivity index (χ1n) is 6.19. The van der Waals surface area contributed by atoms with Gasteiger partial charge in [-0.1, -0.05) is 0 Å². The van der Waals surface area contributed by atoms with Crippen molar-refractivity contribution >= 4 is 17.1 Å². The molecule has 0 saturated heterocycles. The van der Waals surface area contributed by atoms with Crippen LogP contribution >= 0.6 is 0 Å². The van der Waals surface area contributed by atoms with E-state index in [0.717, 1.165) is 6.07 Å². The van der Waals surface area contributed by atoms with Crippen molar-refractivity contribution in [1.82, 2.24) is 10.3 Å². The van der Waals surface area contributed by atoms with Crippen LogP contribution in [0.2, 0.25) is 0 Å². The summed E-state index contributed by atoms with van der Waals surface area (Å²) < 4.78 is 14.5. The van der Waals surface area contributed by atoms with Crippen LogP contribution in [0.25, 0.3) is 0 Å². The molecule has 12 heteroatoms. The van der Waals surface area contributed by atoms with Gasteiger partial charge in [0.1, 0.15) is 12.3 Å². The lowest BCUT2D eigenvalue weighted by atomic mass is 10.2. The SMILES string of the molecule is COc1nonc1OCCNc1ccc([N+](=O)[O-])cc1[N+](=O)[O-]. The molecule has 1 aromatic carbocycles. The van der Waals surface area contributed by atoms with Crippen LogP contribution in [0.15, 0.2) is 22.8 Å². The lowest BCUT2D eigenvalue weighted by molar-refractivity contribution is -0.393. The van der Waals surface area contributed by atoms with E-state index < -0.39 is 15.5 Å². The predicted molar refractivity (Wildman–Crippen MR) is 74.6 cm³/mol. The molecule has 12 nitrogen and oxygen atoms in total. The summed E-state index contributed by atoms with van der Waals surface area (Å²) in [6.45, 7) is 0.257. The molecule has 0 amide bonds. The lowest BCUT2D eigenvalue weighted by Crippen LogP contribution is -2.13. The average Bonchev–Trinajstić information content (AvgIpc) is 2.98. The Balaban J connectivity index is 1.97. The van der Waals surface area contributed by atoms with Crippen molar-refractivity contribution in [3.05, 3.63) is 38.4 Å². The van der Waals surface area contributed by atoms with Crippen molar-refractivity contribution in [3.63, 3.8) is 0 Å². The van der Waals surface area contributed by atoms with Crippen molar-refractivity contribution in [3.8, 4) is 11.8 Å². The Labute approximate surface area is 128 Å². The van der Waals surface area contributed by atoms with Crippen LogP contribution < -0.4 is 14.8 Å². The minimum absolute atomic E-state index is 0.0486. The van der Waals surface area contributed by atoms with E-state index >= 15 is 0 Å². The number of anilines is 1. The Morgan fingerprint density at radius 1 is 1.22 bits per heavy atom. The molecule has 0 unspecified atom stereocenters. The molecule has 2 aromatic rings. The maximum atomic E-state index is 11.0. The van der Waals surface area contributed by atoms with E-state index in [2.05, 4.69) is 20.3 Å². The van der Waals surface area contributed by atoms with Crippen molar-refractivity contribution in [2.24, 2.45) is 0 Å². The van der Waals surface area contributed by atoms with Gasteiger partial charge in [0.15, 0.2) is 0 Å². The number of non-ortho nitro benzene ring substituents is 1. The van der Waals surface area contributed by atoms with Crippen molar-refractivity contribution < 1.29 is 23.9 Å². The fourth-order valence-electron chi connectivity index (χ4n) is 1.65. The van der Waals surface area contributed by atoms with Gasteiger partial charge in [0.2, 0.25) is 0 Å². The topological polar surface area (TPSA) is 156 Å². The van der Waals surface area contributed by atoms with Gasteiger partial charge in [-0.15, -0.1) is 0 Å². The third-order valence-electron chi connectivity index (χ3n) is 2.67. The molecular weight excluding hydrogens is 314 g/mol. The molecule has 0 bridgehead atoms. The van der Waals surface area contributed by atoms with E-state index in [1.165, 1.54) is 19.2 Å². The molecular formula is C11H11N5O7. The Morgan fingerprint density at radius 3 is 2.61 bits per heavy atom. The lowest BCUT2D eigenvalue weighted by Gasteiger charge is -2.07. The highest BCUT2D eigenvalue weighted by molar-refractivity contribution is 5.65. The number of nitro groups is 2. The maximum Gasteiger partial charge on any atom is 0.320 e. The van der Waals surface area contributed by atoms with Gasteiger partial charge >= 0.3 is 11.8 Å². The monoisotopic (exact) mass is 325 g/mol. The maximum absolute atomic E-state index is 11.0. The molecule has 0 aliphatic rings. The van der Waals surface area contributed by atoms with Gasteiger partial charge in [0, 0.05) is 12.6 Å². The van der Waals surface area contributed by atoms with Crippen molar-refractivity contribution in [1.29, 1.82) is 0 Å². The number of nitrogens with zero attached hydrogens (tertiary/aromatic N) is 4. The number of hydrogen-bond donors (Lipinski definition) is 1. The van der Waals surface area contributed by atoms with Gasteiger partial charge < -0.3 is 14.8 Å². The van der Waals surface area contributed by atoms with E-state index in [1.54, 1.807) is 0 Å². The number of rotatable bonds is 8. The molecule has 1 heterocycles. The normalized spacial score (nSPS) is 10.1. The standard InChI is InChI=1S/C11H11N5O7/c1-21-10-11(14-23-13-10)22-5-4-12-8-3-2-7(15(17)18)6-9(8)16(19)20/h2-3,6,12H,4-5H2,1H3. The molecule has 122 valence electrons. The first-order valence-corrected chi connectivity index (χ1v) is 6.19. The van der Waals surface area contributed by atoms with Crippen LogP contribution in [-0.2, 0) is 0 Å². The molecule has 0 radical (unpaired) electrons. The second-order valence-corrected chi connectivity index (χ2v) is 4.07. The Morgan fingerprint density at radius 2 is 1.96 bits per heavy atom. The van der Waals surface area contributed by atoms with Crippen molar-refractivity contribution in [2.75, 3.05) is 25.6 Å². The Hall–Kier alpha value is -3.44. The highest BCUT2D eigenvalue weighted by Crippen LogP contribution is 2.28. The minimum atomic E-state index is -0.708. The number of ether oxygens (including phenoxy) is 2. The zero-order chi connectivity index (χ0) is 16.8. The van der Waals surface area contributed by atoms with E-state index in [9.17, 15) is 20.2 Å². The highest BCUT2D eigenvalue weighted by atomic mass is 16.6. The summed E-state index contributed by atoms with van der Waals surface area (Å²) >= 11 is 0. The van der Waals surface area contributed by atoms with Crippen LogP contribution in [0.1, 0.15) is 0 Å². The molecule has 1 aromatic heterocycles. The van der Waals surface area contributed by atoms with E-state index in [4.69, 9.17) is 9.47 Å². The largest absolute Gasteiger partial charge is 0.475 e. The van der Waals surface area contributed by atoms with Crippen LogP contribution in [0.5, 0.6) is 11.8 Å². The number of benzene rings is 1. The quantitative estimate of drug-likeness (QED) is 0.427. The first-order chi connectivity index (χ1) is 11.0. The minimum Gasteiger partial charge on any atom is -0.475 e. The van der Waals surface area contributed by atoms with Crippen LogP contribution in [0.3, 0.4) is 0 Å². The van der Waals surface area contributed by atoms with E-state index in [1.807, 2.05) is 0 Å². The highest BCUT2D eigenvalue weighted by Gasteiger charge is 2.19. The smallest absolute Gasteiger partial charge is 0.320 e. The summed E-state index contributed by atoms with van der Waals surface area (Å²) in [5.41, 5.74) is -0.633. The zero-order valence-electron chi connectivity index (χ0n) is 11.8. The summed E-state index contributed by atoms with van der Waals surface area (Å²) in [4.78, 5) is 20.2. The molecule has 0 fully saturated rings. The second-order valence-electron chi connectivity index (χ2n) is 4.07. The summed E-state index contributed by atoms with van der Waals surface area (Å²) in [5, 5.41) is 31.3. The summed E-state index contributed by atoms with van der Waals surface area (Å²) in [6.07, 6.45) is 0. The fraction of sp³-hybridized carbons (Fsp3) is 0.273. The van der Waals surface area contributed by atoms with Crippen molar-refractivity contribution in [2.45, 2.75) is 0 Å². The van der Waals surface area contributed by atoms with Gasteiger partial charge in [-0.3, -0.25) is 20.2 Å². The first kappa shape index (κ1) is 15.9. The number of aromatic nitrogens is 2. The number of methoxy groups -OCH3 is 1. The van der Waals surface area contributed by atoms with E-state index in [0.29, 0.717) is 0 Å². The number of nitro benzene ring substituents is 2. The average molecular weight is 325 g/mol. The van der Waals surface area contributed by atoms with Gasteiger partial charge in [-0.05, 0) is 16.4 Å². The van der Waals surface area contributed by atoms with Gasteiger partial charge in [-0.25, -0.2) is 4.63 Å². The van der Waals surface area contributed by atoms with Crippen LogP contribution in [0, 0.1) is 20.2 Å². The van der Waals surface area contributed by atoms with Crippen LogP contribution in [-0.4, -0.2) is 40.4 Å². The van der Waals surface area contributed by atoms with Gasteiger partial charge in [0.25, 0.3) is 11.4 Å². The molecule has 0 atom stereocenters. The molecule has 0 spiro atoms. The Bertz CT molecular complexity index is 717. The summed E-state index contributed by atoms with van der Waals surface area (Å²) in [6, 6.07) is 3.31. The number of hydrogen-bond acceptors (Lipinski definition) is 10. The van der Waals surface area contributed by atoms with E-state index in [-0.39, 0.29) is 36.3 Å². The molecule has 23 heavy (non-hydrogen) atoms. The summed E-state index contributed by atoms with van der Waals surface area (Å²) in [5.74, 6) is 0.124. The van der Waals surface area contributed by atoms with Crippen LogP contribution in [0.4, 0.5) is 17.1 Å². The number of nitrogens with one attached hydrogen (secondary N) is 1. The van der Waals surface area contributed by atoms with Gasteiger partial charge in [-0.2, -0.15) is 0 Å². The molecule has 1 N–H and O–H groups in total. The Kier molecular flexibility index (Phi) is 4.86. The molecule has 0 aliphatic carbocycles. The zero-order valence-corrected chi connectivity index (χ0v) is 11.8. The second kappa shape index (κ2) is 7.02. The molecule has 2 rings (SSSR count). The molecule has 0 saturated carbocycles. The van der Waals surface area contributed by atoms with Gasteiger partial charge in [0.05, 0.1) is 23.0 Å². The predicted octanol–water partition coefficient (Wildman–Crippen LogP) is 1.39. The third-order valence-corrected chi connectivity index (χ3v) is 2.67. The fourth-order valence-corrected chi connectivity index (χ4v) is 1.65. The third kappa shape index (κ3) is 3.81. The molecule has 0 aliphatic heterocycles.